The number of carbonyl (C=O) groups excluding carboxylic acids is 1. The van der Waals surface area contributed by atoms with Crippen LogP contribution >= 0.6 is 27.3 Å². The Hall–Kier alpha value is -1.76. The van der Waals surface area contributed by atoms with Crippen LogP contribution in [0.4, 0.5) is 0 Å². The molecule has 1 amide bonds. The van der Waals surface area contributed by atoms with E-state index in [1.54, 1.807) is 11.3 Å². The summed E-state index contributed by atoms with van der Waals surface area (Å²) in [5, 5.41) is 4.13. The minimum Gasteiger partial charge on any atom is -0.345 e. The predicted molar refractivity (Wildman–Crippen MR) is 106 cm³/mol. The molecule has 4 nitrogen and oxygen atoms in total. The maximum absolute atomic E-state index is 12.3. The minimum absolute atomic E-state index is 0.0293. The first-order chi connectivity index (χ1) is 12.0. The summed E-state index contributed by atoms with van der Waals surface area (Å²) in [6.45, 7) is 3.17. The molecule has 3 aromatic rings. The summed E-state index contributed by atoms with van der Waals surface area (Å²) in [4.78, 5) is 18.1. The van der Waals surface area contributed by atoms with Crippen molar-refractivity contribution in [1.29, 1.82) is 0 Å². The van der Waals surface area contributed by atoms with Crippen molar-refractivity contribution >= 4 is 43.4 Å². The number of halogens is 1. The molecule has 0 fully saturated rings. The Morgan fingerprint density at radius 2 is 1.96 bits per heavy atom. The molecule has 2 atom stereocenters. The molecule has 3 rings (SSSR count). The molecule has 1 heterocycles. The number of rotatable bonds is 6. The Morgan fingerprint density at radius 3 is 2.72 bits per heavy atom. The lowest BCUT2D eigenvalue weighted by Crippen LogP contribution is -3.08. The van der Waals surface area contributed by atoms with Crippen LogP contribution in [-0.2, 0) is 11.3 Å². The highest BCUT2D eigenvalue weighted by molar-refractivity contribution is 9.10. The van der Waals surface area contributed by atoms with E-state index in [-0.39, 0.29) is 11.9 Å². The van der Waals surface area contributed by atoms with Gasteiger partial charge in [-0.25, -0.2) is 4.98 Å². The third kappa shape index (κ3) is 4.66. The monoisotopic (exact) mass is 418 g/mol. The van der Waals surface area contributed by atoms with Crippen LogP contribution in [0.1, 0.15) is 23.5 Å². The summed E-state index contributed by atoms with van der Waals surface area (Å²) in [7, 11) is 2.02. The van der Waals surface area contributed by atoms with Crippen LogP contribution in [-0.4, -0.2) is 24.5 Å². The van der Waals surface area contributed by atoms with Gasteiger partial charge in [0.1, 0.15) is 11.6 Å². The van der Waals surface area contributed by atoms with Gasteiger partial charge >= 0.3 is 0 Å². The predicted octanol–water partition coefficient (Wildman–Crippen LogP) is 2.95. The average Bonchev–Trinajstić information content (AvgIpc) is 2.96. The lowest BCUT2D eigenvalue weighted by atomic mass is 10.1. The lowest BCUT2D eigenvalue weighted by Gasteiger charge is -2.17. The van der Waals surface area contributed by atoms with Gasteiger partial charge in [-0.3, -0.25) is 4.79 Å². The number of para-hydroxylation sites is 1. The van der Waals surface area contributed by atoms with E-state index < -0.39 is 0 Å². The van der Waals surface area contributed by atoms with Crippen LogP contribution in [0.2, 0.25) is 0 Å². The molecule has 130 valence electrons. The normalized spacial score (nSPS) is 13.6. The number of benzene rings is 2. The Bertz CT molecular complexity index is 847. The standard InChI is InChI=1S/C19H20BrN3OS/c1-13(14-7-3-4-8-15(14)20)21-18(24)11-23(2)12-19-22-16-9-5-6-10-17(16)25-19/h3-10,13H,11-12H2,1-2H3,(H,21,24)/p+1/t13-/m1/s1. The molecular weight excluding hydrogens is 398 g/mol. The van der Waals surface area contributed by atoms with Crippen LogP contribution in [0.25, 0.3) is 10.2 Å². The van der Waals surface area contributed by atoms with Crippen molar-refractivity contribution in [2.24, 2.45) is 0 Å². The van der Waals surface area contributed by atoms with E-state index >= 15 is 0 Å². The van der Waals surface area contributed by atoms with Crippen molar-refractivity contribution < 1.29 is 9.69 Å². The zero-order valence-corrected chi connectivity index (χ0v) is 16.7. The highest BCUT2D eigenvalue weighted by Crippen LogP contribution is 2.22. The highest BCUT2D eigenvalue weighted by Gasteiger charge is 2.16. The second-order valence-corrected chi connectivity index (χ2v) is 8.17. The summed E-state index contributed by atoms with van der Waals surface area (Å²) < 4.78 is 2.20. The van der Waals surface area contributed by atoms with Gasteiger partial charge < -0.3 is 10.2 Å². The van der Waals surface area contributed by atoms with E-state index in [1.807, 2.05) is 56.4 Å². The molecule has 0 saturated carbocycles. The molecule has 1 aromatic heterocycles. The molecule has 2 N–H and O–H groups in total. The van der Waals surface area contributed by atoms with E-state index in [9.17, 15) is 4.79 Å². The number of fused-ring (bicyclic) bond motifs is 1. The molecule has 0 bridgehead atoms. The Morgan fingerprint density at radius 1 is 1.24 bits per heavy atom. The first kappa shape index (κ1) is 18.0. The van der Waals surface area contributed by atoms with Gasteiger partial charge in [0, 0.05) is 4.47 Å². The zero-order valence-electron chi connectivity index (χ0n) is 14.3. The van der Waals surface area contributed by atoms with E-state index in [0.717, 1.165) is 32.0 Å². The third-order valence-electron chi connectivity index (χ3n) is 4.00. The number of hydrogen-bond donors (Lipinski definition) is 2. The largest absolute Gasteiger partial charge is 0.345 e. The number of amides is 1. The van der Waals surface area contributed by atoms with Gasteiger partial charge in [0.25, 0.3) is 5.91 Å². The number of nitrogens with one attached hydrogen (secondary N) is 2. The molecular formula is C19H21BrN3OS+. The van der Waals surface area contributed by atoms with Crippen LogP contribution in [0.15, 0.2) is 53.0 Å². The highest BCUT2D eigenvalue weighted by atomic mass is 79.9. The van der Waals surface area contributed by atoms with Gasteiger partial charge in [-0.2, -0.15) is 0 Å². The van der Waals surface area contributed by atoms with Crippen LogP contribution in [0.3, 0.4) is 0 Å². The van der Waals surface area contributed by atoms with Gasteiger partial charge in [-0.15, -0.1) is 11.3 Å². The quantitative estimate of drug-likeness (QED) is 0.646. The number of likely N-dealkylation sites (N-methyl/N-ethyl adjacent to an activating group) is 1. The maximum Gasteiger partial charge on any atom is 0.275 e. The van der Waals surface area contributed by atoms with Gasteiger partial charge in [0.15, 0.2) is 6.54 Å². The Labute approximate surface area is 160 Å². The fourth-order valence-electron chi connectivity index (χ4n) is 2.79. The smallest absolute Gasteiger partial charge is 0.275 e. The number of quaternary nitrogens is 1. The first-order valence-corrected chi connectivity index (χ1v) is 9.83. The Kier molecular flexibility index (Phi) is 5.83. The van der Waals surface area contributed by atoms with E-state index in [2.05, 4.69) is 32.3 Å². The molecule has 1 unspecified atom stereocenters. The van der Waals surface area contributed by atoms with Gasteiger partial charge in [0.2, 0.25) is 0 Å². The summed E-state index contributed by atoms with van der Waals surface area (Å²) in [5.41, 5.74) is 2.11. The van der Waals surface area contributed by atoms with E-state index in [0.29, 0.717) is 6.54 Å². The molecule has 0 spiro atoms. The van der Waals surface area contributed by atoms with Crippen molar-refractivity contribution in [1.82, 2.24) is 10.3 Å². The molecule has 2 aromatic carbocycles. The number of nitrogens with zero attached hydrogens (tertiary/aromatic N) is 1. The summed E-state index contributed by atoms with van der Waals surface area (Å²) in [5.74, 6) is 0.0434. The van der Waals surface area contributed by atoms with Crippen LogP contribution < -0.4 is 10.2 Å². The first-order valence-electron chi connectivity index (χ1n) is 8.22. The second-order valence-electron chi connectivity index (χ2n) is 6.20. The topological polar surface area (TPSA) is 46.4 Å². The zero-order chi connectivity index (χ0) is 17.8. The van der Waals surface area contributed by atoms with Crippen molar-refractivity contribution in [3.63, 3.8) is 0 Å². The second kappa shape index (κ2) is 8.08. The van der Waals surface area contributed by atoms with Crippen LogP contribution in [0, 0.1) is 0 Å². The number of aromatic nitrogens is 1. The van der Waals surface area contributed by atoms with E-state index in [1.165, 1.54) is 4.70 Å². The van der Waals surface area contributed by atoms with Crippen molar-refractivity contribution in [2.45, 2.75) is 19.5 Å². The van der Waals surface area contributed by atoms with Gasteiger partial charge in [-0.05, 0) is 30.7 Å². The number of thiazole rings is 1. The van der Waals surface area contributed by atoms with Crippen molar-refractivity contribution in [2.75, 3.05) is 13.6 Å². The molecule has 0 aliphatic carbocycles. The molecule has 0 aliphatic rings. The van der Waals surface area contributed by atoms with Crippen molar-refractivity contribution in [3.05, 3.63) is 63.6 Å². The van der Waals surface area contributed by atoms with Crippen LogP contribution in [0.5, 0.6) is 0 Å². The minimum atomic E-state index is -0.0293. The number of carbonyl (C=O) groups is 1. The molecule has 6 heteroatoms. The molecule has 25 heavy (non-hydrogen) atoms. The van der Waals surface area contributed by atoms with Gasteiger partial charge in [-0.1, -0.05) is 46.3 Å². The average molecular weight is 419 g/mol. The maximum atomic E-state index is 12.3. The number of hydrogen-bond acceptors (Lipinski definition) is 3. The molecule has 0 radical (unpaired) electrons. The molecule has 0 saturated heterocycles. The van der Waals surface area contributed by atoms with E-state index in [4.69, 9.17) is 0 Å². The summed E-state index contributed by atoms with van der Waals surface area (Å²) in [6.07, 6.45) is 0. The SMILES string of the molecule is C[C@@H](NC(=O)C[NH+](C)Cc1nc2ccccc2s1)c1ccccc1Br. The van der Waals surface area contributed by atoms with Gasteiger partial charge in [0.05, 0.1) is 23.3 Å². The Balaban J connectivity index is 1.56. The van der Waals surface area contributed by atoms with Crippen molar-refractivity contribution in [3.8, 4) is 0 Å². The fourth-order valence-corrected chi connectivity index (χ4v) is 4.50. The fraction of sp³-hybridized carbons (Fsp3) is 0.263. The third-order valence-corrected chi connectivity index (χ3v) is 5.76. The summed E-state index contributed by atoms with van der Waals surface area (Å²) >= 11 is 5.23. The summed E-state index contributed by atoms with van der Waals surface area (Å²) in [6, 6.07) is 16.1. The lowest BCUT2D eigenvalue weighted by molar-refractivity contribution is -0.885. The molecule has 0 aliphatic heterocycles.